The summed E-state index contributed by atoms with van der Waals surface area (Å²) in [6.07, 6.45) is 11.5. The van der Waals surface area contributed by atoms with Crippen LogP contribution in [-0.2, 0) is 6.42 Å². The Morgan fingerprint density at radius 3 is 2.78 bits per heavy atom. The van der Waals surface area contributed by atoms with Crippen molar-refractivity contribution in [2.24, 2.45) is 0 Å². The molecule has 0 unspecified atom stereocenters. The highest BCUT2D eigenvalue weighted by molar-refractivity contribution is 5.95. The normalized spacial score (nSPS) is 11.8. The molecule has 0 amide bonds. The van der Waals surface area contributed by atoms with E-state index in [-0.39, 0.29) is 0 Å². The number of para-hydroxylation sites is 1. The van der Waals surface area contributed by atoms with E-state index in [2.05, 4.69) is 61.3 Å². The number of hydrogen-bond acceptors (Lipinski definition) is 6. The molecule has 1 aromatic carbocycles. The fourth-order valence-electron chi connectivity index (χ4n) is 4.51. The summed E-state index contributed by atoms with van der Waals surface area (Å²) in [5, 5.41) is 8.64. The van der Waals surface area contributed by atoms with Gasteiger partial charge in [0.15, 0.2) is 5.82 Å². The maximum atomic E-state index is 4.93. The summed E-state index contributed by atoms with van der Waals surface area (Å²) in [6, 6.07) is 10.3. The second kappa shape index (κ2) is 9.01. The van der Waals surface area contributed by atoms with Gasteiger partial charge in [0.25, 0.3) is 0 Å². The van der Waals surface area contributed by atoms with E-state index in [1.807, 2.05) is 60.8 Å². The van der Waals surface area contributed by atoms with Gasteiger partial charge in [-0.15, -0.1) is 0 Å². The average Bonchev–Trinajstić information content (AvgIpc) is 3.61. The molecule has 9 heteroatoms. The van der Waals surface area contributed by atoms with E-state index in [0.717, 1.165) is 69.7 Å². The number of nitrogens with zero attached hydrogens (tertiary/aromatic N) is 7. The molecule has 0 spiro atoms. The fraction of sp³-hybridized carbons (Fsp3) is 0.222. The first-order valence-corrected chi connectivity index (χ1v) is 12.0. The second-order valence-corrected chi connectivity index (χ2v) is 9.36. The van der Waals surface area contributed by atoms with Crippen molar-refractivity contribution in [1.82, 2.24) is 44.6 Å². The molecule has 5 heterocycles. The molecule has 0 aliphatic rings. The third kappa shape index (κ3) is 4.14. The number of H-pyrrole nitrogens is 2. The van der Waals surface area contributed by atoms with Crippen LogP contribution >= 0.6 is 0 Å². The molecule has 6 aromatic rings. The van der Waals surface area contributed by atoms with Crippen molar-refractivity contribution in [2.45, 2.75) is 19.8 Å². The molecule has 180 valence electrons. The molecular formula is C27H27N9. The van der Waals surface area contributed by atoms with Gasteiger partial charge < -0.3 is 14.5 Å². The third-order valence-electron chi connectivity index (χ3n) is 6.31. The van der Waals surface area contributed by atoms with Gasteiger partial charge in [-0.25, -0.2) is 9.97 Å². The third-order valence-corrected chi connectivity index (χ3v) is 6.31. The molecule has 9 nitrogen and oxygen atoms in total. The number of rotatable bonds is 7. The highest BCUT2D eigenvalue weighted by Gasteiger charge is 2.16. The number of aryl methyl sites for hydroxylation is 2. The van der Waals surface area contributed by atoms with Crippen molar-refractivity contribution >= 4 is 21.9 Å². The first-order chi connectivity index (χ1) is 17.5. The molecule has 0 aliphatic carbocycles. The molecule has 0 saturated heterocycles. The quantitative estimate of drug-likeness (QED) is 0.350. The Hall–Kier alpha value is -4.37. The van der Waals surface area contributed by atoms with Crippen LogP contribution in [0.1, 0.15) is 17.7 Å². The topological polar surface area (TPSA) is 104 Å². The van der Waals surface area contributed by atoms with E-state index in [4.69, 9.17) is 4.98 Å². The molecule has 36 heavy (non-hydrogen) atoms. The van der Waals surface area contributed by atoms with Gasteiger partial charge in [0.05, 0.1) is 40.6 Å². The average molecular weight is 478 g/mol. The zero-order valence-electron chi connectivity index (χ0n) is 20.5. The monoisotopic (exact) mass is 477 g/mol. The number of aromatic nitrogens is 8. The van der Waals surface area contributed by atoms with Gasteiger partial charge in [0, 0.05) is 29.5 Å². The van der Waals surface area contributed by atoms with E-state index in [0.29, 0.717) is 5.82 Å². The van der Waals surface area contributed by atoms with Gasteiger partial charge >= 0.3 is 0 Å². The Morgan fingerprint density at radius 2 is 1.94 bits per heavy atom. The zero-order chi connectivity index (χ0) is 24.6. The summed E-state index contributed by atoms with van der Waals surface area (Å²) in [5.41, 5.74) is 8.41. The van der Waals surface area contributed by atoms with Gasteiger partial charge in [-0.2, -0.15) is 5.10 Å². The van der Waals surface area contributed by atoms with Crippen molar-refractivity contribution < 1.29 is 0 Å². The van der Waals surface area contributed by atoms with Crippen molar-refractivity contribution in [3.8, 4) is 28.5 Å². The van der Waals surface area contributed by atoms with E-state index in [9.17, 15) is 0 Å². The Morgan fingerprint density at radius 1 is 1.03 bits per heavy atom. The van der Waals surface area contributed by atoms with Gasteiger partial charge in [-0.3, -0.25) is 15.1 Å². The molecular weight excluding hydrogens is 450 g/mol. The van der Waals surface area contributed by atoms with Crippen molar-refractivity contribution in [2.75, 3.05) is 20.6 Å². The number of benzene rings is 1. The summed E-state index contributed by atoms with van der Waals surface area (Å²) in [5.74, 6) is 0.702. The van der Waals surface area contributed by atoms with Crippen molar-refractivity contribution in [3.05, 3.63) is 72.7 Å². The summed E-state index contributed by atoms with van der Waals surface area (Å²) in [6.45, 7) is 3.02. The molecule has 0 atom stereocenters. The molecule has 0 radical (unpaired) electrons. The Kier molecular flexibility index (Phi) is 5.54. The van der Waals surface area contributed by atoms with Crippen LogP contribution in [0.25, 0.3) is 50.4 Å². The van der Waals surface area contributed by atoms with Crippen LogP contribution in [0.2, 0.25) is 0 Å². The van der Waals surface area contributed by atoms with Crippen LogP contribution in [0.3, 0.4) is 0 Å². The van der Waals surface area contributed by atoms with Crippen LogP contribution in [0.15, 0.2) is 61.4 Å². The fourth-order valence-corrected chi connectivity index (χ4v) is 4.51. The molecule has 6 rings (SSSR count). The van der Waals surface area contributed by atoms with Crippen LogP contribution in [0, 0.1) is 6.92 Å². The summed E-state index contributed by atoms with van der Waals surface area (Å²) >= 11 is 0. The SMILES string of the molecule is Cc1cn(-c2cccc3[nH]c(-c4n[nH]c5cnc(-c6cncc(CCCN(C)C)c6)cc45)nc23)cn1. The van der Waals surface area contributed by atoms with E-state index in [1.54, 1.807) is 0 Å². The highest BCUT2D eigenvalue weighted by Crippen LogP contribution is 2.30. The Labute approximate surface area is 208 Å². The van der Waals surface area contributed by atoms with Gasteiger partial charge in [-0.05, 0) is 70.2 Å². The maximum absolute atomic E-state index is 4.93. The number of fused-ring (bicyclic) bond motifs is 2. The van der Waals surface area contributed by atoms with Gasteiger partial charge in [0.1, 0.15) is 11.2 Å². The lowest BCUT2D eigenvalue weighted by Crippen LogP contribution is -2.13. The highest BCUT2D eigenvalue weighted by atomic mass is 15.1. The van der Waals surface area contributed by atoms with Crippen LogP contribution < -0.4 is 0 Å². The number of aromatic amines is 2. The lowest BCUT2D eigenvalue weighted by atomic mass is 10.1. The van der Waals surface area contributed by atoms with Gasteiger partial charge in [0.2, 0.25) is 0 Å². The molecule has 0 fully saturated rings. The minimum absolute atomic E-state index is 0.702. The predicted molar refractivity (Wildman–Crippen MR) is 141 cm³/mol. The van der Waals surface area contributed by atoms with Crippen LogP contribution in [0.4, 0.5) is 0 Å². The Balaban J connectivity index is 1.37. The smallest absolute Gasteiger partial charge is 0.159 e. The number of nitrogens with one attached hydrogen (secondary N) is 2. The molecule has 0 aliphatic heterocycles. The molecule has 5 aromatic heterocycles. The van der Waals surface area contributed by atoms with Gasteiger partial charge in [-0.1, -0.05) is 6.07 Å². The van der Waals surface area contributed by atoms with E-state index < -0.39 is 0 Å². The first kappa shape index (κ1) is 22.1. The number of imidazole rings is 2. The number of pyridine rings is 2. The summed E-state index contributed by atoms with van der Waals surface area (Å²) < 4.78 is 1.99. The van der Waals surface area contributed by atoms with Crippen LogP contribution in [-0.4, -0.2) is 65.2 Å². The molecule has 0 bridgehead atoms. The molecule has 2 N–H and O–H groups in total. The minimum atomic E-state index is 0.702. The molecule has 0 saturated carbocycles. The lowest BCUT2D eigenvalue weighted by molar-refractivity contribution is 0.400. The minimum Gasteiger partial charge on any atom is -0.336 e. The standard InChI is InChI=1S/C27H27N9/c1-17-15-36(16-30-17)24-8-4-7-21-26(24)32-27(31-21)25-20-11-22(29-14-23(20)33-34-25)19-10-18(12-28-13-19)6-5-9-35(2)3/h4,7-8,10-16H,5-6,9H2,1-3H3,(H,31,32)(H,33,34). The lowest BCUT2D eigenvalue weighted by Gasteiger charge is -2.09. The van der Waals surface area contributed by atoms with Crippen LogP contribution in [0.5, 0.6) is 0 Å². The maximum Gasteiger partial charge on any atom is 0.159 e. The van der Waals surface area contributed by atoms with E-state index >= 15 is 0 Å². The summed E-state index contributed by atoms with van der Waals surface area (Å²) in [7, 11) is 4.19. The summed E-state index contributed by atoms with van der Waals surface area (Å²) in [4.78, 5) is 24.1. The number of hydrogen-bond donors (Lipinski definition) is 2. The second-order valence-electron chi connectivity index (χ2n) is 9.36. The largest absolute Gasteiger partial charge is 0.336 e. The Bertz CT molecular complexity index is 1670. The first-order valence-electron chi connectivity index (χ1n) is 12.0. The van der Waals surface area contributed by atoms with E-state index in [1.165, 1.54) is 5.56 Å². The zero-order valence-corrected chi connectivity index (χ0v) is 20.5. The van der Waals surface area contributed by atoms with Crippen molar-refractivity contribution in [1.29, 1.82) is 0 Å². The predicted octanol–water partition coefficient (Wildman–Crippen LogP) is 4.55. The van der Waals surface area contributed by atoms with Crippen molar-refractivity contribution in [3.63, 3.8) is 0 Å².